The number of methoxy groups -OCH3 is 3. The van der Waals surface area contributed by atoms with Crippen LogP contribution in [0.25, 0.3) is 0 Å². The summed E-state index contributed by atoms with van der Waals surface area (Å²) in [4.78, 5) is 24.9. The number of hydrogen-bond donors (Lipinski definition) is 2. The normalized spacial score (nSPS) is 19.3. The second-order valence-electron chi connectivity index (χ2n) is 6.80. The van der Waals surface area contributed by atoms with Crippen LogP contribution in [0.5, 0.6) is 11.5 Å². The molecular weight excluding hydrogens is 400 g/mol. The number of anilines is 1. The number of amides is 1. The lowest BCUT2D eigenvalue weighted by molar-refractivity contribution is -0.120. The van der Waals surface area contributed by atoms with Gasteiger partial charge in [0.05, 0.1) is 38.3 Å². The van der Waals surface area contributed by atoms with Crippen molar-refractivity contribution in [3.05, 3.63) is 17.7 Å². The highest BCUT2D eigenvalue weighted by Gasteiger charge is 2.29. The molecule has 1 aromatic rings. The summed E-state index contributed by atoms with van der Waals surface area (Å²) in [5, 5.41) is 2.78. The van der Waals surface area contributed by atoms with Crippen LogP contribution in [0.15, 0.2) is 12.1 Å². The summed E-state index contributed by atoms with van der Waals surface area (Å²) < 4.78 is 41.3. The van der Waals surface area contributed by atoms with E-state index in [2.05, 4.69) is 10.0 Å². The minimum Gasteiger partial charge on any atom is -0.493 e. The molecular formula is C19H28N2O7S. The van der Waals surface area contributed by atoms with Crippen LogP contribution in [0.4, 0.5) is 5.69 Å². The third-order valence-electron chi connectivity index (χ3n) is 5.01. The average molecular weight is 429 g/mol. The van der Waals surface area contributed by atoms with Gasteiger partial charge in [-0.05, 0) is 32.6 Å². The molecule has 0 aromatic heterocycles. The lowest BCUT2D eigenvalue weighted by atomic mass is 9.86. The van der Waals surface area contributed by atoms with Gasteiger partial charge in [0, 0.05) is 24.1 Å². The van der Waals surface area contributed by atoms with Gasteiger partial charge in [0.25, 0.3) is 0 Å². The van der Waals surface area contributed by atoms with E-state index in [1.165, 1.54) is 33.5 Å². The zero-order valence-corrected chi connectivity index (χ0v) is 17.9. The van der Waals surface area contributed by atoms with E-state index >= 15 is 0 Å². The molecule has 1 aliphatic rings. The molecule has 0 spiro atoms. The van der Waals surface area contributed by atoms with Crippen LogP contribution in [0.2, 0.25) is 0 Å². The van der Waals surface area contributed by atoms with E-state index < -0.39 is 16.0 Å². The molecule has 0 bridgehead atoms. The average Bonchev–Trinajstić information content (AvgIpc) is 2.72. The maximum Gasteiger partial charge on any atom is 0.340 e. The highest BCUT2D eigenvalue weighted by molar-refractivity contribution is 7.89. The van der Waals surface area contributed by atoms with Gasteiger partial charge >= 0.3 is 5.97 Å². The number of sulfonamides is 1. The standard InChI is InChI=1S/C19H28N2O7S/c1-5-29(24,25)21-13-8-6-12(7-9-13)18(22)20-15-11-17(27-3)16(26-2)10-14(15)19(23)28-4/h10-13,21H,5-9H2,1-4H3,(H,20,22). The largest absolute Gasteiger partial charge is 0.493 e. The Balaban J connectivity index is 2.11. The van der Waals surface area contributed by atoms with Gasteiger partial charge in [-0.1, -0.05) is 0 Å². The molecule has 162 valence electrons. The van der Waals surface area contributed by atoms with Gasteiger partial charge in [-0.2, -0.15) is 0 Å². The van der Waals surface area contributed by atoms with Gasteiger partial charge in [-0.3, -0.25) is 4.79 Å². The van der Waals surface area contributed by atoms with Crippen molar-refractivity contribution in [2.24, 2.45) is 5.92 Å². The first-order chi connectivity index (χ1) is 13.7. The Morgan fingerprint density at radius 3 is 2.14 bits per heavy atom. The van der Waals surface area contributed by atoms with Crippen LogP contribution < -0.4 is 19.5 Å². The maximum atomic E-state index is 12.8. The van der Waals surface area contributed by atoms with Crippen molar-refractivity contribution in [3.63, 3.8) is 0 Å². The van der Waals surface area contributed by atoms with Gasteiger partial charge in [0.15, 0.2) is 11.5 Å². The molecule has 10 heteroatoms. The van der Waals surface area contributed by atoms with Gasteiger partial charge in [0.2, 0.25) is 15.9 Å². The minimum absolute atomic E-state index is 0.0308. The lowest BCUT2D eigenvalue weighted by Crippen LogP contribution is -2.40. The number of carbonyl (C=O) groups is 2. The topological polar surface area (TPSA) is 120 Å². The Morgan fingerprint density at radius 2 is 1.62 bits per heavy atom. The van der Waals surface area contributed by atoms with Crippen molar-refractivity contribution in [3.8, 4) is 11.5 Å². The summed E-state index contributed by atoms with van der Waals surface area (Å²) in [6.45, 7) is 1.59. The van der Waals surface area contributed by atoms with Crippen LogP contribution in [-0.4, -0.2) is 53.4 Å². The van der Waals surface area contributed by atoms with Crippen molar-refractivity contribution in [1.29, 1.82) is 0 Å². The number of esters is 1. The molecule has 0 atom stereocenters. The molecule has 0 radical (unpaired) electrons. The van der Waals surface area contributed by atoms with Crippen molar-refractivity contribution in [2.75, 3.05) is 32.4 Å². The molecule has 0 saturated heterocycles. The monoisotopic (exact) mass is 428 g/mol. The van der Waals surface area contributed by atoms with E-state index in [-0.39, 0.29) is 34.9 Å². The van der Waals surface area contributed by atoms with Crippen LogP contribution in [0.3, 0.4) is 0 Å². The van der Waals surface area contributed by atoms with Crippen LogP contribution in [0.1, 0.15) is 43.0 Å². The molecule has 9 nitrogen and oxygen atoms in total. The number of benzene rings is 1. The summed E-state index contributed by atoms with van der Waals surface area (Å²) in [6.07, 6.45) is 2.24. The van der Waals surface area contributed by atoms with Crippen molar-refractivity contribution in [2.45, 2.75) is 38.6 Å². The smallest absolute Gasteiger partial charge is 0.340 e. The Morgan fingerprint density at radius 1 is 1.03 bits per heavy atom. The van der Waals surface area contributed by atoms with Gasteiger partial charge < -0.3 is 19.5 Å². The number of nitrogens with one attached hydrogen (secondary N) is 2. The molecule has 1 fully saturated rings. The highest BCUT2D eigenvalue weighted by atomic mass is 32.2. The summed E-state index contributed by atoms with van der Waals surface area (Å²) >= 11 is 0. The molecule has 0 aliphatic heterocycles. The third-order valence-corrected chi connectivity index (χ3v) is 6.46. The van der Waals surface area contributed by atoms with Gasteiger partial charge in [-0.25, -0.2) is 17.9 Å². The Bertz CT molecular complexity index is 846. The molecule has 2 N–H and O–H groups in total. The fourth-order valence-electron chi connectivity index (χ4n) is 3.31. The van der Waals surface area contributed by atoms with E-state index in [9.17, 15) is 18.0 Å². The lowest BCUT2D eigenvalue weighted by Gasteiger charge is -2.28. The van der Waals surface area contributed by atoms with Crippen LogP contribution >= 0.6 is 0 Å². The van der Waals surface area contributed by atoms with E-state index in [0.717, 1.165) is 0 Å². The first-order valence-electron chi connectivity index (χ1n) is 9.39. The Labute approximate surface area is 171 Å². The molecule has 2 rings (SSSR count). The molecule has 1 saturated carbocycles. The highest BCUT2D eigenvalue weighted by Crippen LogP contribution is 2.34. The summed E-state index contributed by atoms with van der Waals surface area (Å²) in [6, 6.07) is 2.82. The van der Waals surface area contributed by atoms with Crippen molar-refractivity contribution in [1.82, 2.24) is 4.72 Å². The van der Waals surface area contributed by atoms with Gasteiger partial charge in [-0.15, -0.1) is 0 Å². The van der Waals surface area contributed by atoms with Crippen LogP contribution in [0, 0.1) is 5.92 Å². The first-order valence-corrected chi connectivity index (χ1v) is 11.0. The molecule has 0 heterocycles. The van der Waals surface area contributed by atoms with Crippen LogP contribution in [-0.2, 0) is 19.6 Å². The predicted molar refractivity (Wildman–Crippen MR) is 108 cm³/mol. The number of carbonyl (C=O) groups excluding carboxylic acids is 2. The quantitative estimate of drug-likeness (QED) is 0.607. The molecule has 29 heavy (non-hydrogen) atoms. The molecule has 0 unspecified atom stereocenters. The Kier molecular flexibility index (Phi) is 7.86. The van der Waals surface area contributed by atoms with Crippen molar-refractivity contribution >= 4 is 27.6 Å². The summed E-state index contributed by atoms with van der Waals surface area (Å²) in [5.74, 6) is -0.389. The molecule has 1 aliphatic carbocycles. The minimum atomic E-state index is -3.27. The number of ether oxygens (including phenoxy) is 3. The number of hydrogen-bond acceptors (Lipinski definition) is 7. The SMILES string of the molecule is CCS(=O)(=O)NC1CCC(C(=O)Nc2cc(OC)c(OC)cc2C(=O)OC)CC1. The number of rotatable bonds is 8. The first kappa shape index (κ1) is 23.0. The van der Waals surface area contributed by atoms with E-state index in [1.807, 2.05) is 0 Å². The van der Waals surface area contributed by atoms with E-state index in [4.69, 9.17) is 14.2 Å². The second-order valence-corrected chi connectivity index (χ2v) is 8.85. The maximum absolute atomic E-state index is 12.8. The summed E-state index contributed by atoms with van der Waals surface area (Å²) in [5.41, 5.74) is 0.427. The fourth-order valence-corrected chi connectivity index (χ4v) is 4.22. The summed E-state index contributed by atoms with van der Waals surface area (Å²) in [7, 11) is 0.893. The second kappa shape index (κ2) is 9.93. The molecule has 1 aromatic carbocycles. The Hall–Kier alpha value is -2.33. The van der Waals surface area contributed by atoms with Gasteiger partial charge in [0.1, 0.15) is 0 Å². The zero-order valence-electron chi connectivity index (χ0n) is 17.1. The zero-order chi connectivity index (χ0) is 21.6. The predicted octanol–water partition coefficient (Wildman–Crippen LogP) is 1.93. The van der Waals surface area contributed by atoms with E-state index in [1.54, 1.807) is 6.92 Å². The fraction of sp³-hybridized carbons (Fsp3) is 0.579. The van der Waals surface area contributed by atoms with E-state index in [0.29, 0.717) is 37.2 Å². The van der Waals surface area contributed by atoms with Crippen molar-refractivity contribution < 1.29 is 32.2 Å². The third kappa shape index (κ3) is 5.83. The molecule has 1 amide bonds.